The SMILES string of the molecule is C=C(C)C(=O)OCC(COC(=O)C(=C)C)OC(CCSC(CCCCCCCC=O)CCCCCCCCC)P(=O)(O)O. The number of rotatable bonds is 29. The Bertz CT molecular complexity index is 828. The van der Waals surface area contributed by atoms with Gasteiger partial charge in [-0.15, -0.1) is 0 Å². The maximum atomic E-state index is 12.4. The van der Waals surface area contributed by atoms with Crippen molar-refractivity contribution in [1.82, 2.24) is 0 Å². The molecule has 0 aromatic heterocycles. The van der Waals surface area contributed by atoms with Crippen molar-refractivity contribution >= 4 is 37.6 Å². The van der Waals surface area contributed by atoms with Gasteiger partial charge in [-0.1, -0.05) is 90.7 Å². The minimum Gasteiger partial charge on any atom is -0.459 e. The molecule has 11 heteroatoms. The van der Waals surface area contributed by atoms with Gasteiger partial charge in [-0.2, -0.15) is 11.8 Å². The lowest BCUT2D eigenvalue weighted by Gasteiger charge is -2.26. The third-order valence-electron chi connectivity index (χ3n) is 6.92. The number of thioether (sulfide) groups is 1. The summed E-state index contributed by atoms with van der Waals surface area (Å²) >= 11 is 1.72. The van der Waals surface area contributed by atoms with Gasteiger partial charge in [-0.05, 0) is 45.3 Å². The van der Waals surface area contributed by atoms with Crippen LogP contribution in [0.4, 0.5) is 0 Å². The summed E-state index contributed by atoms with van der Waals surface area (Å²) in [6, 6.07) is 0. The highest BCUT2D eigenvalue weighted by atomic mass is 32.2. The van der Waals surface area contributed by atoms with Crippen LogP contribution in [0.2, 0.25) is 0 Å². The normalized spacial score (nSPS) is 13.0. The summed E-state index contributed by atoms with van der Waals surface area (Å²) in [6.07, 6.45) is 16.6. The van der Waals surface area contributed by atoms with Gasteiger partial charge in [-0.25, -0.2) is 9.59 Å². The third-order valence-corrected chi connectivity index (χ3v) is 9.46. The van der Waals surface area contributed by atoms with E-state index >= 15 is 0 Å². The number of aldehydes is 1. The lowest BCUT2D eigenvalue weighted by molar-refractivity contribution is -0.151. The lowest BCUT2D eigenvalue weighted by atomic mass is 10.0. The Morgan fingerprint density at radius 2 is 1.26 bits per heavy atom. The second-order valence-corrected chi connectivity index (χ2v) is 14.4. The average Bonchev–Trinajstić information content (AvgIpc) is 2.95. The van der Waals surface area contributed by atoms with E-state index in [1.54, 1.807) is 11.8 Å². The van der Waals surface area contributed by atoms with E-state index in [0.29, 0.717) is 17.4 Å². The summed E-state index contributed by atoms with van der Waals surface area (Å²) < 4.78 is 28.4. The van der Waals surface area contributed by atoms with Crippen LogP contribution >= 0.6 is 19.4 Å². The molecule has 250 valence electrons. The maximum absolute atomic E-state index is 12.4. The van der Waals surface area contributed by atoms with Crippen LogP contribution in [-0.4, -0.2) is 64.2 Å². The molecule has 2 atom stereocenters. The van der Waals surface area contributed by atoms with Gasteiger partial charge in [0.2, 0.25) is 0 Å². The molecule has 0 aliphatic heterocycles. The Balaban J connectivity index is 5.14. The number of hydrogen-bond acceptors (Lipinski definition) is 8. The van der Waals surface area contributed by atoms with Crippen LogP contribution < -0.4 is 0 Å². The molecule has 0 aliphatic carbocycles. The van der Waals surface area contributed by atoms with Crippen molar-refractivity contribution < 1.29 is 42.9 Å². The third kappa shape index (κ3) is 23.6. The van der Waals surface area contributed by atoms with Crippen LogP contribution in [0.25, 0.3) is 0 Å². The minimum atomic E-state index is -4.68. The van der Waals surface area contributed by atoms with E-state index in [0.717, 1.165) is 57.7 Å². The van der Waals surface area contributed by atoms with Crippen molar-refractivity contribution in [3.8, 4) is 0 Å². The van der Waals surface area contributed by atoms with E-state index in [-0.39, 0.29) is 30.8 Å². The van der Waals surface area contributed by atoms with Crippen LogP contribution in [0.3, 0.4) is 0 Å². The van der Waals surface area contributed by atoms with Crippen molar-refractivity contribution in [2.24, 2.45) is 0 Å². The Morgan fingerprint density at radius 3 is 1.70 bits per heavy atom. The van der Waals surface area contributed by atoms with E-state index in [2.05, 4.69) is 20.1 Å². The zero-order valence-electron chi connectivity index (χ0n) is 26.8. The molecule has 2 unspecified atom stereocenters. The molecular weight excluding hydrogens is 591 g/mol. The quantitative estimate of drug-likeness (QED) is 0.0273. The van der Waals surface area contributed by atoms with Gasteiger partial charge in [0.05, 0.1) is 0 Å². The fourth-order valence-corrected chi connectivity index (χ4v) is 6.67. The highest BCUT2D eigenvalue weighted by Gasteiger charge is 2.33. The van der Waals surface area contributed by atoms with Crippen molar-refractivity contribution in [2.75, 3.05) is 19.0 Å². The monoisotopic (exact) mass is 648 g/mol. The highest BCUT2D eigenvalue weighted by molar-refractivity contribution is 7.99. The van der Waals surface area contributed by atoms with Gasteiger partial charge < -0.3 is 28.8 Å². The fourth-order valence-electron chi connectivity index (χ4n) is 4.35. The summed E-state index contributed by atoms with van der Waals surface area (Å²) in [5.74, 6) is -2.31. The van der Waals surface area contributed by atoms with Gasteiger partial charge in [0.15, 0.2) is 5.85 Å². The molecule has 0 spiro atoms. The first-order valence-corrected chi connectivity index (χ1v) is 18.6. The first-order valence-electron chi connectivity index (χ1n) is 15.8. The van der Waals surface area contributed by atoms with Crippen LogP contribution in [0.1, 0.15) is 124 Å². The number of unbranched alkanes of at least 4 members (excludes halogenated alkanes) is 11. The minimum absolute atomic E-state index is 0.0908. The molecule has 0 saturated carbocycles. The second kappa shape index (κ2) is 25.8. The number of hydrogen-bond donors (Lipinski definition) is 2. The molecule has 0 rings (SSSR count). The number of carbonyl (C=O) groups is 3. The molecule has 0 aromatic rings. The summed E-state index contributed by atoms with van der Waals surface area (Å²) in [4.78, 5) is 54.4. The van der Waals surface area contributed by atoms with Gasteiger partial charge in [0.1, 0.15) is 25.6 Å². The molecule has 0 fully saturated rings. The molecule has 43 heavy (non-hydrogen) atoms. The van der Waals surface area contributed by atoms with Crippen molar-refractivity contribution in [2.45, 2.75) is 141 Å². The van der Waals surface area contributed by atoms with E-state index in [4.69, 9.17) is 14.2 Å². The first-order chi connectivity index (χ1) is 20.4. The molecule has 0 aliphatic rings. The maximum Gasteiger partial charge on any atom is 0.354 e. The smallest absolute Gasteiger partial charge is 0.354 e. The van der Waals surface area contributed by atoms with E-state index in [1.807, 2.05) is 0 Å². The molecule has 0 heterocycles. The molecule has 0 aromatic carbocycles. The fraction of sp³-hybridized carbons (Fsp3) is 0.781. The van der Waals surface area contributed by atoms with Crippen LogP contribution in [0.15, 0.2) is 24.3 Å². The van der Waals surface area contributed by atoms with E-state index in [9.17, 15) is 28.7 Å². The van der Waals surface area contributed by atoms with Gasteiger partial charge >= 0.3 is 19.5 Å². The zero-order chi connectivity index (χ0) is 32.5. The van der Waals surface area contributed by atoms with E-state index in [1.165, 1.54) is 52.4 Å². The Morgan fingerprint density at radius 1 is 0.791 bits per heavy atom. The molecule has 0 saturated heterocycles. The Labute approximate surface area is 264 Å². The molecule has 0 radical (unpaired) electrons. The number of carbonyl (C=O) groups excluding carboxylic acids is 3. The summed E-state index contributed by atoms with van der Waals surface area (Å²) in [5.41, 5.74) is 0.321. The molecular formula is C32H57O9PS. The predicted octanol–water partition coefficient (Wildman–Crippen LogP) is 7.68. The molecule has 9 nitrogen and oxygen atoms in total. The van der Waals surface area contributed by atoms with Gasteiger partial charge in [0, 0.05) is 22.8 Å². The highest BCUT2D eigenvalue weighted by Crippen LogP contribution is 2.45. The molecule has 0 bridgehead atoms. The topological polar surface area (TPSA) is 136 Å². The number of esters is 2. The summed E-state index contributed by atoms with van der Waals surface area (Å²) in [5, 5.41) is 0.381. The van der Waals surface area contributed by atoms with Crippen LogP contribution in [-0.2, 0) is 33.2 Å². The first kappa shape index (κ1) is 41.5. The van der Waals surface area contributed by atoms with E-state index < -0.39 is 31.5 Å². The Hall–Kier alpha value is -1.45. The molecule has 2 N–H and O–H groups in total. The van der Waals surface area contributed by atoms with Crippen LogP contribution in [0.5, 0.6) is 0 Å². The van der Waals surface area contributed by atoms with Gasteiger partial charge in [0.25, 0.3) is 0 Å². The second-order valence-electron chi connectivity index (χ2n) is 11.3. The van der Waals surface area contributed by atoms with Crippen LogP contribution in [0, 0.1) is 0 Å². The average molecular weight is 649 g/mol. The zero-order valence-corrected chi connectivity index (χ0v) is 28.5. The van der Waals surface area contributed by atoms with Crippen molar-refractivity contribution in [1.29, 1.82) is 0 Å². The van der Waals surface area contributed by atoms with Crippen molar-refractivity contribution in [3.63, 3.8) is 0 Å². The summed E-state index contributed by atoms with van der Waals surface area (Å²) in [7, 11) is -4.68. The van der Waals surface area contributed by atoms with Gasteiger partial charge in [-0.3, -0.25) is 4.57 Å². The Kier molecular flexibility index (Phi) is 25.0. The predicted molar refractivity (Wildman–Crippen MR) is 174 cm³/mol. The standard InChI is InChI=1S/C32H57O9PS/c1-6-7-8-9-10-13-16-19-29(20-17-14-11-12-15-18-22-33)43-23-21-30(42(36,37)38)41-28(24-39-31(34)26(2)3)25-40-32(35)27(4)5/h22,28-30H,2,4,6-21,23-25H2,1,3,5H3,(H2,36,37,38). The van der Waals surface area contributed by atoms with Crippen molar-refractivity contribution in [3.05, 3.63) is 24.3 Å². The largest absolute Gasteiger partial charge is 0.459 e. The summed E-state index contributed by atoms with van der Waals surface area (Å²) in [6.45, 7) is 11.5. The number of ether oxygens (including phenoxy) is 3. The molecule has 0 amide bonds. The lowest BCUT2D eigenvalue weighted by Crippen LogP contribution is -2.33.